The Bertz CT molecular complexity index is 1480. The smallest absolute Gasteiger partial charge is 0.231 e. The van der Waals surface area contributed by atoms with Gasteiger partial charge in [-0.15, -0.1) is 0 Å². The molecule has 0 bridgehead atoms. The summed E-state index contributed by atoms with van der Waals surface area (Å²) in [5.41, 5.74) is 6.13. The number of imidazole rings is 1. The number of amides is 1. The number of aryl methyl sites for hydroxylation is 3. The monoisotopic (exact) mass is 570 g/mol. The highest BCUT2D eigenvalue weighted by Crippen LogP contribution is 2.49. The molecule has 0 radical (unpaired) electrons. The molecule has 2 aliphatic rings. The van der Waals surface area contributed by atoms with Gasteiger partial charge in [0.1, 0.15) is 5.82 Å². The van der Waals surface area contributed by atoms with E-state index in [-0.39, 0.29) is 23.8 Å². The Balaban J connectivity index is 1.25. The van der Waals surface area contributed by atoms with Crippen molar-refractivity contribution in [3.63, 3.8) is 0 Å². The van der Waals surface area contributed by atoms with E-state index in [4.69, 9.17) is 11.6 Å². The van der Waals surface area contributed by atoms with Crippen LogP contribution in [0.3, 0.4) is 0 Å². The quantitative estimate of drug-likeness (QED) is 0.210. The molecule has 4 aromatic rings. The van der Waals surface area contributed by atoms with Crippen molar-refractivity contribution in [2.75, 3.05) is 4.90 Å². The number of hydrogen-bond acceptors (Lipinski definition) is 4. The molecule has 1 amide bonds. The minimum absolute atomic E-state index is 0.0342. The molecule has 3 aromatic carbocycles. The van der Waals surface area contributed by atoms with Gasteiger partial charge in [0, 0.05) is 47.0 Å². The van der Waals surface area contributed by atoms with E-state index >= 15 is 0 Å². The summed E-state index contributed by atoms with van der Waals surface area (Å²) in [6.45, 7) is 2.63. The van der Waals surface area contributed by atoms with Crippen LogP contribution in [0.15, 0.2) is 84.0 Å². The molecule has 1 aromatic heterocycles. The normalized spacial score (nSPS) is 19.7. The van der Waals surface area contributed by atoms with Crippen LogP contribution < -0.4 is 9.62 Å². The van der Waals surface area contributed by atoms with E-state index in [0.29, 0.717) is 6.54 Å². The number of carbonyl (C=O) groups is 1. The number of halogens is 1. The third kappa shape index (κ3) is 5.85. The van der Waals surface area contributed by atoms with E-state index in [9.17, 15) is 4.79 Å². The second-order valence-corrected chi connectivity index (χ2v) is 12.3. The maximum atomic E-state index is 14.0. The Morgan fingerprint density at radius 2 is 1.93 bits per heavy atom. The third-order valence-corrected chi connectivity index (χ3v) is 9.46. The lowest BCUT2D eigenvalue weighted by atomic mass is 9.87. The fourth-order valence-electron chi connectivity index (χ4n) is 5.74. The van der Waals surface area contributed by atoms with E-state index in [1.807, 2.05) is 47.0 Å². The number of nitrogens with zero attached hydrogens (tertiary/aromatic N) is 3. The highest BCUT2D eigenvalue weighted by atomic mass is 35.5. The second kappa shape index (κ2) is 11.8. The molecule has 2 aliphatic carbocycles. The number of aromatic nitrogens is 2. The van der Waals surface area contributed by atoms with Crippen LogP contribution in [-0.2, 0) is 31.2 Å². The first-order chi connectivity index (χ1) is 19.5. The van der Waals surface area contributed by atoms with Gasteiger partial charge in [-0.1, -0.05) is 48.9 Å². The second-order valence-electron chi connectivity index (χ2n) is 10.9. The Morgan fingerprint density at radius 3 is 2.65 bits per heavy atom. The molecule has 1 fully saturated rings. The number of carbonyl (C=O) groups excluding carboxylic acids is 1. The largest absolute Gasteiger partial charge is 0.337 e. The molecule has 40 heavy (non-hydrogen) atoms. The number of hydrogen-bond donors (Lipinski definition) is 1. The van der Waals surface area contributed by atoms with Gasteiger partial charge < -0.3 is 9.47 Å². The zero-order valence-corrected chi connectivity index (χ0v) is 24.6. The van der Waals surface area contributed by atoms with Gasteiger partial charge in [0.25, 0.3) is 0 Å². The van der Waals surface area contributed by atoms with Crippen molar-refractivity contribution in [1.29, 1.82) is 0 Å². The molecule has 1 saturated carbocycles. The molecule has 0 aliphatic heterocycles. The van der Waals surface area contributed by atoms with Gasteiger partial charge >= 0.3 is 0 Å². The van der Waals surface area contributed by atoms with Crippen molar-refractivity contribution in [2.45, 2.75) is 62.4 Å². The number of fused-ring (bicyclic) bond motifs is 1. The molecule has 6 rings (SSSR count). The van der Waals surface area contributed by atoms with Crippen LogP contribution in [0.5, 0.6) is 0 Å². The summed E-state index contributed by atoms with van der Waals surface area (Å²) in [6, 6.07) is 23.5. The van der Waals surface area contributed by atoms with Crippen molar-refractivity contribution in [1.82, 2.24) is 14.3 Å². The van der Waals surface area contributed by atoms with Crippen LogP contribution in [0.25, 0.3) is 0 Å². The molecule has 1 N–H and O–H groups in total. The zero-order chi connectivity index (χ0) is 27.6. The molecule has 5 nitrogen and oxygen atoms in total. The fraction of sp³-hybridized carbons (Fsp3) is 0.333. The molecular formula is C33H35ClN4OS. The molecule has 3 atom stereocenters. The van der Waals surface area contributed by atoms with Gasteiger partial charge in [0.05, 0.1) is 6.54 Å². The van der Waals surface area contributed by atoms with Crippen molar-refractivity contribution < 1.29 is 4.79 Å². The van der Waals surface area contributed by atoms with Crippen molar-refractivity contribution in [3.8, 4) is 0 Å². The minimum Gasteiger partial charge on any atom is -0.337 e. The van der Waals surface area contributed by atoms with E-state index in [1.54, 1.807) is 18.1 Å². The summed E-state index contributed by atoms with van der Waals surface area (Å²) in [5.74, 6) is 1.23. The number of benzene rings is 3. The maximum absolute atomic E-state index is 14.0. The standard InChI is InChI=1S/C33H35ClN4OS/c1-3-22-7-15-27(16-8-22)40-36-31-6-4-5-23-11-14-26(19-29(23)31)38(21-32-35-17-18-37(32)2)33(39)30-20-28(30)24-9-12-25(34)13-10-24/h7-19,28,30-31,36H,3-6,20-21H2,1-2H3. The van der Waals surface area contributed by atoms with Crippen molar-refractivity contribution in [2.24, 2.45) is 13.0 Å². The molecule has 7 heteroatoms. The van der Waals surface area contributed by atoms with Crippen LogP contribution in [0.1, 0.15) is 66.2 Å². The lowest BCUT2D eigenvalue weighted by molar-refractivity contribution is -0.120. The van der Waals surface area contributed by atoms with Gasteiger partial charge in [-0.05, 0) is 109 Å². The maximum Gasteiger partial charge on any atom is 0.231 e. The van der Waals surface area contributed by atoms with Crippen LogP contribution in [0.4, 0.5) is 5.69 Å². The van der Waals surface area contributed by atoms with E-state index in [2.05, 4.69) is 59.1 Å². The summed E-state index contributed by atoms with van der Waals surface area (Å²) in [5, 5.41) is 0.719. The predicted molar refractivity (Wildman–Crippen MR) is 164 cm³/mol. The summed E-state index contributed by atoms with van der Waals surface area (Å²) < 4.78 is 5.73. The fourth-order valence-corrected chi connectivity index (χ4v) is 6.66. The SMILES string of the molecule is CCc1ccc(SNC2CCCc3ccc(N(Cc4nccn4C)C(=O)C4CC4c4ccc(Cl)cc4)cc32)cc1. The van der Waals surface area contributed by atoms with Gasteiger partial charge in [-0.25, -0.2) is 4.98 Å². The highest BCUT2D eigenvalue weighted by molar-refractivity contribution is 7.97. The highest BCUT2D eigenvalue weighted by Gasteiger charge is 2.46. The molecular weight excluding hydrogens is 536 g/mol. The van der Waals surface area contributed by atoms with Crippen LogP contribution in [0, 0.1) is 5.92 Å². The Morgan fingerprint density at radius 1 is 1.12 bits per heavy atom. The number of nitrogens with one attached hydrogen (secondary N) is 1. The Hall–Kier alpha value is -3.06. The molecule has 206 valence electrons. The van der Waals surface area contributed by atoms with Gasteiger partial charge in [-0.2, -0.15) is 0 Å². The molecule has 1 heterocycles. The van der Waals surface area contributed by atoms with E-state index < -0.39 is 0 Å². The summed E-state index contributed by atoms with van der Waals surface area (Å²) in [7, 11) is 1.98. The van der Waals surface area contributed by atoms with Crippen LogP contribution in [0.2, 0.25) is 5.02 Å². The van der Waals surface area contributed by atoms with Gasteiger partial charge in [-0.3, -0.25) is 9.52 Å². The Kier molecular flexibility index (Phi) is 8.01. The number of anilines is 1. The average molecular weight is 571 g/mol. The lowest BCUT2D eigenvalue weighted by Gasteiger charge is -2.29. The first-order valence-corrected chi connectivity index (χ1v) is 15.4. The van der Waals surface area contributed by atoms with Crippen LogP contribution >= 0.6 is 23.5 Å². The minimum atomic E-state index is -0.0342. The van der Waals surface area contributed by atoms with Crippen LogP contribution in [-0.4, -0.2) is 15.5 Å². The van der Waals surface area contributed by atoms with Crippen molar-refractivity contribution >= 4 is 35.1 Å². The lowest BCUT2D eigenvalue weighted by Crippen LogP contribution is -2.33. The topological polar surface area (TPSA) is 50.2 Å². The first-order valence-electron chi connectivity index (χ1n) is 14.2. The zero-order valence-electron chi connectivity index (χ0n) is 23.0. The van der Waals surface area contributed by atoms with Gasteiger partial charge in [0.15, 0.2) is 0 Å². The van der Waals surface area contributed by atoms with E-state index in [1.165, 1.54) is 27.1 Å². The Labute approximate surface area is 246 Å². The summed E-state index contributed by atoms with van der Waals surface area (Å²) >= 11 is 7.81. The average Bonchev–Trinajstić information content (AvgIpc) is 3.69. The molecule has 0 saturated heterocycles. The molecule has 3 unspecified atom stereocenters. The summed E-state index contributed by atoms with van der Waals surface area (Å²) in [6.07, 6.45) is 8.93. The molecule has 0 spiro atoms. The van der Waals surface area contributed by atoms with Gasteiger partial charge in [0.2, 0.25) is 5.91 Å². The predicted octanol–water partition coefficient (Wildman–Crippen LogP) is 7.65. The van der Waals surface area contributed by atoms with Crippen molar-refractivity contribution in [3.05, 3.63) is 112 Å². The third-order valence-electron chi connectivity index (χ3n) is 8.30. The van der Waals surface area contributed by atoms with E-state index in [0.717, 1.165) is 48.6 Å². The number of rotatable bonds is 9. The first kappa shape index (κ1) is 27.1. The summed E-state index contributed by atoms with van der Waals surface area (Å²) in [4.78, 5) is 21.8.